The largest absolute Gasteiger partial charge is 0.481 e. The number of hydrogen-bond acceptors (Lipinski definition) is 3. The van der Waals surface area contributed by atoms with Crippen molar-refractivity contribution in [1.29, 1.82) is 0 Å². The molecule has 102 valence electrons. The van der Waals surface area contributed by atoms with E-state index in [1.807, 2.05) is 18.3 Å². The van der Waals surface area contributed by atoms with Gasteiger partial charge in [0.15, 0.2) is 0 Å². The van der Waals surface area contributed by atoms with Crippen molar-refractivity contribution >= 4 is 5.97 Å². The molecule has 0 aromatic carbocycles. The molecule has 0 saturated carbocycles. The smallest absolute Gasteiger partial charge is 0.303 e. The molecule has 2 rings (SSSR count). The molecule has 0 unspecified atom stereocenters. The zero-order valence-electron chi connectivity index (χ0n) is 11.0. The lowest BCUT2D eigenvalue weighted by Gasteiger charge is -2.18. The molecule has 1 saturated heterocycles. The van der Waals surface area contributed by atoms with Crippen molar-refractivity contribution in [3.8, 4) is 0 Å². The SMILES string of the molecule is O=C(O)CC/C=C\C[C@@H]1CCN[C@@H]1c1cccnc1. The second-order valence-corrected chi connectivity index (χ2v) is 4.91. The van der Waals surface area contributed by atoms with E-state index < -0.39 is 5.97 Å². The van der Waals surface area contributed by atoms with Gasteiger partial charge in [0, 0.05) is 24.9 Å². The Bertz CT molecular complexity index is 431. The lowest BCUT2D eigenvalue weighted by Crippen LogP contribution is -2.17. The summed E-state index contributed by atoms with van der Waals surface area (Å²) in [4.78, 5) is 14.6. The molecule has 1 aliphatic heterocycles. The van der Waals surface area contributed by atoms with Gasteiger partial charge in [-0.2, -0.15) is 0 Å². The number of aromatic nitrogens is 1. The first-order valence-electron chi connectivity index (χ1n) is 6.77. The average Bonchev–Trinajstić information content (AvgIpc) is 2.87. The third kappa shape index (κ3) is 4.17. The molecule has 19 heavy (non-hydrogen) atoms. The predicted molar refractivity (Wildman–Crippen MR) is 73.7 cm³/mol. The Hall–Kier alpha value is -1.68. The standard InChI is InChI=1S/C15H20N2O2/c18-14(19)7-3-1-2-5-12-8-10-17-15(12)13-6-4-9-16-11-13/h1-2,4,6,9,11-12,15,17H,3,5,7-8,10H2,(H,18,19)/b2-1-/t12-,15+/m1/s1. The molecule has 0 aliphatic carbocycles. The molecule has 4 heteroatoms. The van der Waals surface area contributed by atoms with E-state index >= 15 is 0 Å². The van der Waals surface area contributed by atoms with Crippen molar-refractivity contribution in [2.75, 3.05) is 6.54 Å². The van der Waals surface area contributed by atoms with E-state index in [4.69, 9.17) is 5.11 Å². The van der Waals surface area contributed by atoms with Crippen LogP contribution in [0.5, 0.6) is 0 Å². The summed E-state index contributed by atoms with van der Waals surface area (Å²) in [7, 11) is 0. The Labute approximate surface area is 113 Å². The van der Waals surface area contributed by atoms with Crippen molar-refractivity contribution < 1.29 is 9.90 Å². The number of carboxylic acids is 1. The first kappa shape index (κ1) is 13.7. The second-order valence-electron chi connectivity index (χ2n) is 4.91. The van der Waals surface area contributed by atoms with Crippen LogP contribution in [0.15, 0.2) is 36.7 Å². The quantitative estimate of drug-likeness (QED) is 0.772. The molecule has 2 N–H and O–H groups in total. The molecular formula is C15H20N2O2. The number of aliphatic carboxylic acids is 1. The summed E-state index contributed by atoms with van der Waals surface area (Å²) in [5.41, 5.74) is 1.24. The molecule has 1 aromatic rings. The topological polar surface area (TPSA) is 62.2 Å². The molecule has 1 aliphatic rings. The van der Waals surface area contributed by atoms with Crippen LogP contribution >= 0.6 is 0 Å². The third-order valence-electron chi connectivity index (χ3n) is 3.52. The van der Waals surface area contributed by atoms with Crippen LogP contribution in [0.1, 0.15) is 37.3 Å². The summed E-state index contributed by atoms with van der Waals surface area (Å²) >= 11 is 0. The van der Waals surface area contributed by atoms with Gasteiger partial charge in [0.05, 0.1) is 0 Å². The van der Waals surface area contributed by atoms with E-state index in [1.54, 1.807) is 6.20 Å². The lowest BCUT2D eigenvalue weighted by atomic mass is 9.92. The van der Waals surface area contributed by atoms with E-state index in [1.165, 1.54) is 5.56 Å². The summed E-state index contributed by atoms with van der Waals surface area (Å²) in [6, 6.07) is 4.45. The third-order valence-corrected chi connectivity index (χ3v) is 3.52. The fourth-order valence-corrected chi connectivity index (χ4v) is 2.56. The minimum absolute atomic E-state index is 0.214. The maximum absolute atomic E-state index is 10.4. The molecule has 2 heterocycles. The van der Waals surface area contributed by atoms with Crippen LogP contribution in [0, 0.1) is 5.92 Å². The Morgan fingerprint density at radius 3 is 3.16 bits per heavy atom. The number of carbonyl (C=O) groups is 1. The van der Waals surface area contributed by atoms with Crippen LogP contribution in [0.2, 0.25) is 0 Å². The predicted octanol–water partition coefficient (Wildman–Crippen LogP) is 2.54. The minimum Gasteiger partial charge on any atom is -0.481 e. The van der Waals surface area contributed by atoms with Gasteiger partial charge < -0.3 is 10.4 Å². The molecule has 1 fully saturated rings. The number of nitrogens with zero attached hydrogens (tertiary/aromatic N) is 1. The van der Waals surface area contributed by atoms with Crippen molar-refractivity contribution in [2.45, 2.75) is 31.7 Å². The molecule has 0 radical (unpaired) electrons. The minimum atomic E-state index is -0.736. The van der Waals surface area contributed by atoms with Crippen LogP contribution in [-0.2, 0) is 4.79 Å². The van der Waals surface area contributed by atoms with Crippen molar-refractivity contribution in [1.82, 2.24) is 10.3 Å². The van der Waals surface area contributed by atoms with Crippen LogP contribution < -0.4 is 5.32 Å². The monoisotopic (exact) mass is 260 g/mol. The number of pyridine rings is 1. The van der Waals surface area contributed by atoms with Crippen molar-refractivity contribution in [3.63, 3.8) is 0 Å². The zero-order valence-corrected chi connectivity index (χ0v) is 11.0. The highest BCUT2D eigenvalue weighted by Crippen LogP contribution is 2.31. The fourth-order valence-electron chi connectivity index (χ4n) is 2.56. The first-order valence-corrected chi connectivity index (χ1v) is 6.77. The van der Waals surface area contributed by atoms with E-state index in [0.717, 1.165) is 19.4 Å². The second kappa shape index (κ2) is 7.04. The van der Waals surface area contributed by atoms with Gasteiger partial charge in [-0.05, 0) is 43.4 Å². The number of carboxylic acid groups (broad SMARTS) is 1. The highest BCUT2D eigenvalue weighted by molar-refractivity contribution is 5.66. The normalized spacial score (nSPS) is 22.9. The number of rotatable bonds is 6. The molecular weight excluding hydrogens is 240 g/mol. The van der Waals surface area contributed by atoms with Crippen LogP contribution in [0.25, 0.3) is 0 Å². The Balaban J connectivity index is 1.84. The molecule has 1 aromatic heterocycles. The summed E-state index contributed by atoms with van der Waals surface area (Å²) in [5.74, 6) is -0.161. The highest BCUT2D eigenvalue weighted by atomic mass is 16.4. The van der Waals surface area contributed by atoms with E-state index in [9.17, 15) is 4.79 Å². The Kier molecular flexibility index (Phi) is 5.10. The summed E-state index contributed by atoms with van der Waals surface area (Å²) in [5, 5.41) is 12.1. The summed E-state index contributed by atoms with van der Waals surface area (Å²) < 4.78 is 0. The van der Waals surface area contributed by atoms with Gasteiger partial charge >= 0.3 is 5.97 Å². The number of allylic oxidation sites excluding steroid dienone is 2. The van der Waals surface area contributed by atoms with E-state index in [-0.39, 0.29) is 6.42 Å². The number of hydrogen-bond donors (Lipinski definition) is 2. The Morgan fingerprint density at radius 1 is 1.53 bits per heavy atom. The van der Waals surface area contributed by atoms with Crippen LogP contribution in [-0.4, -0.2) is 22.6 Å². The van der Waals surface area contributed by atoms with Crippen LogP contribution in [0.4, 0.5) is 0 Å². The lowest BCUT2D eigenvalue weighted by molar-refractivity contribution is -0.136. The first-order chi connectivity index (χ1) is 9.27. The molecule has 0 amide bonds. The van der Waals surface area contributed by atoms with Crippen LogP contribution in [0.3, 0.4) is 0 Å². The zero-order chi connectivity index (χ0) is 13.5. The fraction of sp³-hybridized carbons (Fsp3) is 0.467. The highest BCUT2D eigenvalue weighted by Gasteiger charge is 2.26. The maximum Gasteiger partial charge on any atom is 0.303 e. The Morgan fingerprint density at radius 2 is 2.42 bits per heavy atom. The number of nitrogens with one attached hydrogen (secondary N) is 1. The summed E-state index contributed by atoms with van der Waals surface area (Å²) in [6.07, 6.45) is 10.8. The van der Waals surface area contributed by atoms with E-state index in [0.29, 0.717) is 18.4 Å². The van der Waals surface area contributed by atoms with Crippen molar-refractivity contribution in [3.05, 3.63) is 42.2 Å². The van der Waals surface area contributed by atoms with Gasteiger partial charge in [0.25, 0.3) is 0 Å². The molecule has 0 bridgehead atoms. The van der Waals surface area contributed by atoms with Gasteiger partial charge in [-0.25, -0.2) is 0 Å². The van der Waals surface area contributed by atoms with Gasteiger partial charge in [-0.3, -0.25) is 9.78 Å². The van der Waals surface area contributed by atoms with Gasteiger partial charge in [0.1, 0.15) is 0 Å². The van der Waals surface area contributed by atoms with Gasteiger partial charge in [-0.1, -0.05) is 18.2 Å². The summed E-state index contributed by atoms with van der Waals surface area (Å²) in [6.45, 7) is 1.03. The van der Waals surface area contributed by atoms with Gasteiger partial charge in [-0.15, -0.1) is 0 Å². The maximum atomic E-state index is 10.4. The van der Waals surface area contributed by atoms with E-state index in [2.05, 4.69) is 22.4 Å². The molecule has 4 nitrogen and oxygen atoms in total. The molecule has 2 atom stereocenters. The average molecular weight is 260 g/mol. The van der Waals surface area contributed by atoms with Crippen molar-refractivity contribution in [2.24, 2.45) is 5.92 Å². The molecule has 0 spiro atoms. The van der Waals surface area contributed by atoms with Gasteiger partial charge in [0.2, 0.25) is 0 Å².